The molecule has 288 valence electrons. The molecule has 0 saturated carbocycles. The highest BCUT2D eigenvalue weighted by Gasteiger charge is 2.22. The van der Waals surface area contributed by atoms with Crippen LogP contribution in [0.1, 0.15) is 225 Å². The average Bonchev–Trinajstić information content (AvgIpc) is 3.12. The van der Waals surface area contributed by atoms with Gasteiger partial charge < -0.3 is 0 Å². The molecule has 2 aromatic carbocycles. The fraction of sp³-hybridized carbons (Fsp3) is 0.783. The van der Waals surface area contributed by atoms with Crippen molar-refractivity contribution in [3.05, 3.63) is 42.0 Å². The minimum absolute atomic E-state index is 0.280. The molecule has 50 heavy (non-hydrogen) atoms. The molecule has 2 rings (SSSR count). The van der Waals surface area contributed by atoms with Crippen LogP contribution in [0.25, 0.3) is 10.8 Å². The first kappa shape index (κ1) is 44.8. The van der Waals surface area contributed by atoms with Crippen molar-refractivity contribution in [3.8, 4) is 0 Å². The van der Waals surface area contributed by atoms with Gasteiger partial charge in [0.2, 0.25) is 0 Å². The molecule has 0 aliphatic heterocycles. The summed E-state index contributed by atoms with van der Waals surface area (Å²) >= 11 is 0. The molecule has 0 aliphatic carbocycles. The van der Waals surface area contributed by atoms with E-state index in [2.05, 4.69) is 19.9 Å². The molecule has 0 saturated heterocycles. The smallest absolute Gasteiger partial charge is 0.266 e. The minimum atomic E-state index is -3.81. The summed E-state index contributed by atoms with van der Waals surface area (Å²) in [6.07, 6.45) is 43.1. The SMILES string of the molecule is CCCCCCCCCCCCCCCCCCOS(=O)(=O)c1c(CCCCCCCCCCCCCCCCCC)ccc2ccccc12. The lowest BCUT2D eigenvalue weighted by Crippen LogP contribution is -2.11. The van der Waals surface area contributed by atoms with E-state index in [0.717, 1.165) is 48.4 Å². The van der Waals surface area contributed by atoms with Crippen molar-refractivity contribution < 1.29 is 12.6 Å². The normalized spacial score (nSPS) is 12.0. The van der Waals surface area contributed by atoms with Crippen molar-refractivity contribution in [1.29, 1.82) is 0 Å². The van der Waals surface area contributed by atoms with Crippen LogP contribution in [0.2, 0.25) is 0 Å². The number of fused-ring (bicyclic) bond motifs is 1. The van der Waals surface area contributed by atoms with E-state index in [1.165, 1.54) is 180 Å². The molecule has 0 spiro atoms. The number of hydrogen-bond acceptors (Lipinski definition) is 3. The summed E-state index contributed by atoms with van der Waals surface area (Å²) in [5.74, 6) is 0. The first-order valence-electron chi connectivity index (χ1n) is 22.0. The van der Waals surface area contributed by atoms with Crippen molar-refractivity contribution in [2.45, 2.75) is 231 Å². The predicted molar refractivity (Wildman–Crippen MR) is 220 cm³/mol. The monoisotopic (exact) mass is 713 g/mol. The third-order valence-corrected chi connectivity index (χ3v) is 12.2. The Morgan fingerprint density at radius 1 is 0.420 bits per heavy atom. The summed E-state index contributed by atoms with van der Waals surface area (Å²) in [5, 5.41) is 1.77. The van der Waals surface area contributed by atoms with E-state index < -0.39 is 10.1 Å². The van der Waals surface area contributed by atoms with Crippen molar-refractivity contribution in [2.75, 3.05) is 6.61 Å². The number of rotatable bonds is 36. The second kappa shape index (κ2) is 31.2. The van der Waals surface area contributed by atoms with Crippen LogP contribution in [0.5, 0.6) is 0 Å². The number of benzene rings is 2. The van der Waals surface area contributed by atoms with Crippen LogP contribution in [0.15, 0.2) is 41.3 Å². The van der Waals surface area contributed by atoms with E-state index >= 15 is 0 Å². The predicted octanol–water partition coefficient (Wildman–Crippen LogP) is 15.6. The fourth-order valence-corrected chi connectivity index (χ4v) is 8.92. The van der Waals surface area contributed by atoms with Gasteiger partial charge in [0, 0.05) is 5.39 Å². The summed E-state index contributed by atoms with van der Waals surface area (Å²) < 4.78 is 32.8. The summed E-state index contributed by atoms with van der Waals surface area (Å²) in [5.41, 5.74) is 0.918. The summed E-state index contributed by atoms with van der Waals surface area (Å²) in [7, 11) is -3.81. The quantitative estimate of drug-likeness (QED) is 0.0522. The van der Waals surface area contributed by atoms with Gasteiger partial charge >= 0.3 is 0 Å². The van der Waals surface area contributed by atoms with Gasteiger partial charge in [0.15, 0.2) is 0 Å². The Labute approximate surface area is 311 Å². The highest BCUT2D eigenvalue weighted by molar-refractivity contribution is 7.87. The Morgan fingerprint density at radius 3 is 1.20 bits per heavy atom. The molecule has 0 fully saturated rings. The number of unbranched alkanes of at least 4 members (excludes halogenated alkanes) is 30. The van der Waals surface area contributed by atoms with Gasteiger partial charge in [0.1, 0.15) is 4.90 Å². The van der Waals surface area contributed by atoms with Crippen molar-refractivity contribution in [2.24, 2.45) is 0 Å². The summed E-state index contributed by atoms with van der Waals surface area (Å²) in [6, 6.07) is 12.0. The van der Waals surface area contributed by atoms with Crippen LogP contribution in [0, 0.1) is 0 Å². The first-order valence-corrected chi connectivity index (χ1v) is 23.4. The van der Waals surface area contributed by atoms with Crippen LogP contribution in [-0.4, -0.2) is 15.0 Å². The van der Waals surface area contributed by atoms with E-state index in [9.17, 15) is 8.42 Å². The molecule has 0 aliphatic rings. The van der Waals surface area contributed by atoms with E-state index in [4.69, 9.17) is 4.18 Å². The second-order valence-corrected chi connectivity index (χ2v) is 17.0. The van der Waals surface area contributed by atoms with E-state index in [-0.39, 0.29) is 6.61 Å². The largest absolute Gasteiger partial charge is 0.297 e. The average molecular weight is 713 g/mol. The summed E-state index contributed by atoms with van der Waals surface area (Å²) in [4.78, 5) is 0.410. The van der Waals surface area contributed by atoms with Crippen LogP contribution in [0.4, 0.5) is 0 Å². The Bertz CT molecular complexity index is 1160. The minimum Gasteiger partial charge on any atom is -0.266 e. The van der Waals surface area contributed by atoms with E-state index in [1.54, 1.807) is 0 Å². The number of aryl methyl sites for hydroxylation is 1. The van der Waals surface area contributed by atoms with Crippen molar-refractivity contribution in [1.82, 2.24) is 0 Å². The lowest BCUT2D eigenvalue weighted by Gasteiger charge is -2.14. The third kappa shape index (κ3) is 21.9. The van der Waals surface area contributed by atoms with Gasteiger partial charge in [0.25, 0.3) is 10.1 Å². The van der Waals surface area contributed by atoms with Gasteiger partial charge in [-0.25, -0.2) is 0 Å². The fourth-order valence-electron chi connectivity index (χ4n) is 7.52. The maximum absolute atomic E-state index is 13.6. The van der Waals surface area contributed by atoms with Crippen LogP contribution in [0.3, 0.4) is 0 Å². The zero-order chi connectivity index (χ0) is 35.8. The molecule has 2 aromatic rings. The van der Waals surface area contributed by atoms with Gasteiger partial charge in [-0.2, -0.15) is 8.42 Å². The van der Waals surface area contributed by atoms with E-state index in [0.29, 0.717) is 4.90 Å². The standard InChI is InChI=1S/C46H80O3S/c1-3-5-7-9-11-13-15-17-19-21-23-25-27-29-31-33-38-44-41-40-43-37-34-35-39-45(43)46(44)50(47,48)49-42-36-32-30-28-26-24-22-20-18-16-14-12-10-8-6-4-2/h34-35,37,39-41H,3-33,36,38,42H2,1-2H3. The lowest BCUT2D eigenvalue weighted by atomic mass is 10.0. The third-order valence-electron chi connectivity index (χ3n) is 10.7. The zero-order valence-corrected chi connectivity index (χ0v) is 34.0. The van der Waals surface area contributed by atoms with E-state index in [1.807, 2.05) is 30.3 Å². The first-order chi connectivity index (χ1) is 24.6. The van der Waals surface area contributed by atoms with Crippen molar-refractivity contribution >= 4 is 20.9 Å². The maximum Gasteiger partial charge on any atom is 0.297 e. The molecule has 0 aromatic heterocycles. The molecule has 0 atom stereocenters. The molecule has 0 unspecified atom stereocenters. The van der Waals surface area contributed by atoms with Crippen molar-refractivity contribution in [3.63, 3.8) is 0 Å². The summed E-state index contributed by atoms with van der Waals surface area (Å²) in [6.45, 7) is 4.85. The topological polar surface area (TPSA) is 43.4 Å². The molecule has 0 N–H and O–H groups in total. The van der Waals surface area contributed by atoms with Crippen LogP contribution in [-0.2, 0) is 20.7 Å². The molecule has 0 bridgehead atoms. The van der Waals surface area contributed by atoms with Gasteiger partial charge in [-0.3, -0.25) is 4.18 Å². The van der Waals surface area contributed by atoms with Crippen LogP contribution < -0.4 is 0 Å². The molecule has 0 heterocycles. The van der Waals surface area contributed by atoms with Gasteiger partial charge in [0.05, 0.1) is 6.61 Å². The van der Waals surface area contributed by atoms with Gasteiger partial charge in [-0.15, -0.1) is 0 Å². The zero-order valence-electron chi connectivity index (χ0n) is 33.1. The highest BCUT2D eigenvalue weighted by Crippen LogP contribution is 2.30. The number of hydrogen-bond donors (Lipinski definition) is 0. The van der Waals surface area contributed by atoms with Crippen LogP contribution >= 0.6 is 0 Å². The Balaban J connectivity index is 1.58. The Morgan fingerprint density at radius 2 is 0.780 bits per heavy atom. The lowest BCUT2D eigenvalue weighted by molar-refractivity contribution is 0.306. The molecule has 0 amide bonds. The van der Waals surface area contributed by atoms with Gasteiger partial charge in [-0.05, 0) is 30.2 Å². The van der Waals surface area contributed by atoms with Gasteiger partial charge in [-0.1, -0.05) is 243 Å². The highest BCUT2D eigenvalue weighted by atomic mass is 32.2. The molecule has 4 heteroatoms. The maximum atomic E-state index is 13.6. The second-order valence-electron chi connectivity index (χ2n) is 15.4. The molecular weight excluding hydrogens is 633 g/mol. The molecular formula is C46H80O3S. The Kier molecular flexibility index (Phi) is 27.9. The molecule has 3 nitrogen and oxygen atoms in total. The Hall–Kier alpha value is -1.39. The molecule has 0 radical (unpaired) electrons.